The molecule has 1 amide bonds. The Bertz CT molecular complexity index is 783. The molecule has 2 aromatic rings. The summed E-state index contributed by atoms with van der Waals surface area (Å²) in [5.41, 5.74) is 3.78. The van der Waals surface area contributed by atoms with Gasteiger partial charge in [0.15, 0.2) is 5.13 Å². The minimum atomic E-state index is 0.143. The fourth-order valence-electron chi connectivity index (χ4n) is 3.91. The molecule has 0 radical (unpaired) electrons. The number of fused-ring (bicyclic) bond motifs is 1. The van der Waals surface area contributed by atoms with Crippen molar-refractivity contribution in [1.29, 1.82) is 0 Å². The Morgan fingerprint density at radius 1 is 1.35 bits per heavy atom. The summed E-state index contributed by atoms with van der Waals surface area (Å²) < 4.78 is 5.32. The van der Waals surface area contributed by atoms with E-state index in [1.807, 2.05) is 6.07 Å². The highest BCUT2D eigenvalue weighted by Crippen LogP contribution is 2.28. The molecule has 138 valence electrons. The average Bonchev–Trinajstić information content (AvgIpc) is 3.33. The summed E-state index contributed by atoms with van der Waals surface area (Å²) in [4.78, 5) is 19.3. The van der Waals surface area contributed by atoms with Crippen LogP contribution < -0.4 is 10.1 Å². The summed E-state index contributed by atoms with van der Waals surface area (Å²) in [6, 6.07) is 6.34. The standard InChI is InChI=1S/C20H25N3O2S/c1-25-18-7-6-16-11-23(9-8-15(16)10-18)12-17-13-26-20(21-17)22-19(24)14-4-2-3-5-14/h6-7,10,13-14H,2-5,8-9,11-12H2,1H3,(H,21,22,24). The van der Waals surface area contributed by atoms with Crippen molar-refractivity contribution in [3.05, 3.63) is 40.4 Å². The minimum absolute atomic E-state index is 0.143. The molecule has 2 aliphatic rings. The van der Waals surface area contributed by atoms with Crippen molar-refractivity contribution >= 4 is 22.4 Å². The van der Waals surface area contributed by atoms with E-state index in [1.54, 1.807) is 7.11 Å². The van der Waals surface area contributed by atoms with Crippen LogP contribution in [0.4, 0.5) is 5.13 Å². The molecule has 1 saturated carbocycles. The lowest BCUT2D eigenvalue weighted by Gasteiger charge is -2.28. The second-order valence-corrected chi connectivity index (χ2v) is 8.07. The van der Waals surface area contributed by atoms with E-state index in [1.165, 1.54) is 35.3 Å². The van der Waals surface area contributed by atoms with Gasteiger partial charge in [0.2, 0.25) is 5.91 Å². The van der Waals surface area contributed by atoms with Gasteiger partial charge in [0.25, 0.3) is 0 Å². The van der Waals surface area contributed by atoms with Crippen LogP contribution in [0.25, 0.3) is 0 Å². The van der Waals surface area contributed by atoms with E-state index >= 15 is 0 Å². The van der Waals surface area contributed by atoms with Crippen molar-refractivity contribution in [2.45, 2.75) is 45.2 Å². The number of anilines is 1. The van der Waals surface area contributed by atoms with Gasteiger partial charge in [0, 0.05) is 30.9 Å². The fourth-order valence-corrected chi connectivity index (χ4v) is 4.62. The molecule has 0 atom stereocenters. The highest BCUT2D eigenvalue weighted by atomic mass is 32.1. The van der Waals surface area contributed by atoms with Gasteiger partial charge in [-0.05, 0) is 42.5 Å². The number of ether oxygens (including phenoxy) is 1. The predicted octanol–water partition coefficient (Wildman–Crippen LogP) is 3.84. The van der Waals surface area contributed by atoms with Crippen LogP contribution in [0.15, 0.2) is 23.6 Å². The summed E-state index contributed by atoms with van der Waals surface area (Å²) in [6.07, 6.45) is 5.40. The molecule has 0 unspecified atom stereocenters. The second-order valence-electron chi connectivity index (χ2n) is 7.21. The molecule has 1 aromatic heterocycles. The number of hydrogen-bond donors (Lipinski definition) is 1. The highest BCUT2D eigenvalue weighted by Gasteiger charge is 2.23. The third kappa shape index (κ3) is 3.91. The van der Waals surface area contributed by atoms with Crippen molar-refractivity contribution in [3.63, 3.8) is 0 Å². The van der Waals surface area contributed by atoms with E-state index < -0.39 is 0 Å². The summed E-state index contributed by atoms with van der Waals surface area (Å²) in [5, 5.41) is 5.80. The Hall–Kier alpha value is -1.92. The first kappa shape index (κ1) is 17.5. The van der Waals surface area contributed by atoms with Gasteiger partial charge in [0.05, 0.1) is 12.8 Å². The zero-order valence-electron chi connectivity index (χ0n) is 15.2. The molecule has 6 heteroatoms. The summed E-state index contributed by atoms with van der Waals surface area (Å²) >= 11 is 1.53. The van der Waals surface area contributed by atoms with Crippen LogP contribution in [-0.2, 0) is 24.3 Å². The van der Waals surface area contributed by atoms with Crippen LogP contribution in [0, 0.1) is 5.92 Å². The average molecular weight is 372 g/mol. The maximum atomic E-state index is 12.2. The normalized spacial score (nSPS) is 17.9. The molecule has 0 saturated heterocycles. The van der Waals surface area contributed by atoms with Crippen LogP contribution >= 0.6 is 11.3 Å². The number of benzene rings is 1. The molecule has 26 heavy (non-hydrogen) atoms. The number of carbonyl (C=O) groups excluding carboxylic acids is 1. The van der Waals surface area contributed by atoms with Gasteiger partial charge < -0.3 is 10.1 Å². The number of nitrogens with one attached hydrogen (secondary N) is 1. The van der Waals surface area contributed by atoms with E-state index in [2.05, 4.69) is 32.7 Å². The Kier molecular flexibility index (Phi) is 5.22. The van der Waals surface area contributed by atoms with Gasteiger partial charge >= 0.3 is 0 Å². The van der Waals surface area contributed by atoms with Crippen molar-refractivity contribution < 1.29 is 9.53 Å². The lowest BCUT2D eigenvalue weighted by atomic mass is 9.99. The molecule has 0 bridgehead atoms. The Morgan fingerprint density at radius 3 is 3.00 bits per heavy atom. The molecule has 1 aromatic carbocycles. The van der Waals surface area contributed by atoms with Gasteiger partial charge in [-0.3, -0.25) is 9.69 Å². The number of thiazole rings is 1. The molecule has 1 fully saturated rings. The third-order valence-electron chi connectivity index (χ3n) is 5.40. The molecule has 1 N–H and O–H groups in total. The number of aromatic nitrogens is 1. The van der Waals surface area contributed by atoms with Crippen molar-refractivity contribution in [2.75, 3.05) is 19.0 Å². The minimum Gasteiger partial charge on any atom is -0.497 e. The third-order valence-corrected chi connectivity index (χ3v) is 6.20. The molecule has 1 aliphatic heterocycles. The van der Waals surface area contributed by atoms with Gasteiger partial charge in [-0.2, -0.15) is 0 Å². The summed E-state index contributed by atoms with van der Waals surface area (Å²) in [7, 11) is 1.71. The number of rotatable bonds is 5. The van der Waals surface area contributed by atoms with Crippen molar-refractivity contribution in [1.82, 2.24) is 9.88 Å². The zero-order valence-corrected chi connectivity index (χ0v) is 16.0. The van der Waals surface area contributed by atoms with E-state index in [4.69, 9.17) is 4.74 Å². The lowest BCUT2D eigenvalue weighted by Crippen LogP contribution is -2.30. The fraction of sp³-hybridized carbons (Fsp3) is 0.500. The van der Waals surface area contributed by atoms with E-state index in [9.17, 15) is 4.79 Å². The summed E-state index contributed by atoms with van der Waals surface area (Å²) in [5.74, 6) is 1.25. The van der Waals surface area contributed by atoms with Crippen LogP contribution in [0.5, 0.6) is 5.75 Å². The summed E-state index contributed by atoms with van der Waals surface area (Å²) in [6.45, 7) is 2.77. The van der Waals surface area contributed by atoms with Gasteiger partial charge in [-0.1, -0.05) is 18.9 Å². The molecule has 2 heterocycles. The smallest absolute Gasteiger partial charge is 0.229 e. The van der Waals surface area contributed by atoms with E-state index in [0.29, 0.717) is 0 Å². The second kappa shape index (κ2) is 7.76. The number of methoxy groups -OCH3 is 1. The number of amides is 1. The highest BCUT2D eigenvalue weighted by molar-refractivity contribution is 7.13. The first-order valence-corrected chi connectivity index (χ1v) is 10.2. The van der Waals surface area contributed by atoms with E-state index in [0.717, 1.165) is 55.5 Å². The predicted molar refractivity (Wildman–Crippen MR) is 104 cm³/mol. The van der Waals surface area contributed by atoms with E-state index in [-0.39, 0.29) is 11.8 Å². The topological polar surface area (TPSA) is 54.5 Å². The van der Waals surface area contributed by atoms with Crippen molar-refractivity contribution in [3.8, 4) is 5.75 Å². The zero-order chi connectivity index (χ0) is 17.9. The van der Waals surface area contributed by atoms with Crippen LogP contribution in [0.3, 0.4) is 0 Å². The number of carbonyl (C=O) groups is 1. The molecule has 5 nitrogen and oxygen atoms in total. The first-order chi connectivity index (χ1) is 12.7. The molecular weight excluding hydrogens is 346 g/mol. The van der Waals surface area contributed by atoms with Crippen LogP contribution in [-0.4, -0.2) is 29.4 Å². The van der Waals surface area contributed by atoms with Crippen LogP contribution in [0.2, 0.25) is 0 Å². The quantitative estimate of drug-likeness (QED) is 0.868. The number of hydrogen-bond acceptors (Lipinski definition) is 5. The largest absolute Gasteiger partial charge is 0.497 e. The molecule has 1 aliphatic carbocycles. The van der Waals surface area contributed by atoms with Crippen molar-refractivity contribution in [2.24, 2.45) is 5.92 Å². The maximum Gasteiger partial charge on any atom is 0.229 e. The lowest BCUT2D eigenvalue weighted by molar-refractivity contribution is -0.119. The van der Waals surface area contributed by atoms with Crippen LogP contribution in [0.1, 0.15) is 42.5 Å². The Labute approximate surface area is 158 Å². The maximum absolute atomic E-state index is 12.2. The Balaban J connectivity index is 1.34. The number of nitrogens with zero attached hydrogens (tertiary/aromatic N) is 2. The SMILES string of the molecule is COc1ccc2c(c1)CCN(Cc1csc(NC(=O)C3CCCC3)n1)C2. The monoisotopic (exact) mass is 371 g/mol. The first-order valence-electron chi connectivity index (χ1n) is 9.34. The van der Waals surface area contributed by atoms with Gasteiger partial charge in [-0.25, -0.2) is 4.98 Å². The molecule has 4 rings (SSSR count). The van der Waals surface area contributed by atoms with Gasteiger partial charge in [-0.15, -0.1) is 11.3 Å². The Morgan fingerprint density at radius 2 is 2.19 bits per heavy atom. The molecular formula is C20H25N3O2S. The van der Waals surface area contributed by atoms with Gasteiger partial charge in [0.1, 0.15) is 5.75 Å². The molecule has 0 spiro atoms.